The minimum Gasteiger partial charge on any atom is -0.449 e. The SMILES string of the molecule is CCCCOC(=O)N1CCc2ccccc2C1. The van der Waals surface area contributed by atoms with Crippen molar-refractivity contribution in [1.82, 2.24) is 4.90 Å². The fourth-order valence-corrected chi connectivity index (χ4v) is 2.05. The van der Waals surface area contributed by atoms with Crippen molar-refractivity contribution >= 4 is 6.09 Å². The van der Waals surface area contributed by atoms with Crippen LogP contribution in [0.5, 0.6) is 0 Å². The van der Waals surface area contributed by atoms with E-state index in [1.165, 1.54) is 11.1 Å². The van der Waals surface area contributed by atoms with Gasteiger partial charge in [0.05, 0.1) is 6.61 Å². The van der Waals surface area contributed by atoms with E-state index in [-0.39, 0.29) is 6.09 Å². The average molecular weight is 233 g/mol. The molecule has 0 N–H and O–H groups in total. The minimum atomic E-state index is -0.173. The molecule has 0 spiro atoms. The van der Waals surface area contributed by atoms with Crippen LogP contribution in [0, 0.1) is 0 Å². The molecule has 1 amide bonds. The van der Waals surface area contributed by atoms with Crippen molar-refractivity contribution in [3.8, 4) is 0 Å². The predicted molar refractivity (Wildman–Crippen MR) is 66.8 cm³/mol. The third-order valence-corrected chi connectivity index (χ3v) is 3.11. The summed E-state index contributed by atoms with van der Waals surface area (Å²) in [6.07, 6.45) is 2.75. The smallest absolute Gasteiger partial charge is 0.410 e. The van der Waals surface area contributed by atoms with E-state index in [9.17, 15) is 4.79 Å². The second kappa shape index (κ2) is 5.71. The van der Waals surface area contributed by atoms with Gasteiger partial charge in [0, 0.05) is 13.1 Å². The summed E-state index contributed by atoms with van der Waals surface area (Å²) in [6.45, 7) is 4.07. The molecule has 1 aromatic rings. The number of amides is 1. The fraction of sp³-hybridized carbons (Fsp3) is 0.500. The molecule has 0 aromatic heterocycles. The summed E-state index contributed by atoms with van der Waals surface area (Å²) in [7, 11) is 0. The van der Waals surface area contributed by atoms with E-state index in [0.29, 0.717) is 13.2 Å². The molecule has 0 unspecified atom stereocenters. The number of benzene rings is 1. The lowest BCUT2D eigenvalue weighted by Crippen LogP contribution is -2.36. The van der Waals surface area contributed by atoms with Gasteiger partial charge in [-0.15, -0.1) is 0 Å². The van der Waals surface area contributed by atoms with Gasteiger partial charge in [0.2, 0.25) is 0 Å². The van der Waals surface area contributed by atoms with Crippen LogP contribution in [0.15, 0.2) is 24.3 Å². The van der Waals surface area contributed by atoms with Crippen molar-refractivity contribution in [3.05, 3.63) is 35.4 Å². The molecule has 3 heteroatoms. The third kappa shape index (κ3) is 2.99. The molecule has 0 atom stereocenters. The molecule has 1 aliphatic heterocycles. The first-order valence-corrected chi connectivity index (χ1v) is 6.29. The van der Waals surface area contributed by atoms with E-state index in [2.05, 4.69) is 19.1 Å². The van der Waals surface area contributed by atoms with Crippen molar-refractivity contribution in [3.63, 3.8) is 0 Å². The number of carbonyl (C=O) groups is 1. The van der Waals surface area contributed by atoms with Crippen LogP contribution >= 0.6 is 0 Å². The topological polar surface area (TPSA) is 29.5 Å². The van der Waals surface area contributed by atoms with Gasteiger partial charge >= 0.3 is 6.09 Å². The highest BCUT2D eigenvalue weighted by molar-refractivity contribution is 5.68. The Balaban J connectivity index is 1.91. The van der Waals surface area contributed by atoms with Crippen molar-refractivity contribution < 1.29 is 9.53 Å². The van der Waals surface area contributed by atoms with Gasteiger partial charge in [-0.2, -0.15) is 0 Å². The Morgan fingerprint density at radius 2 is 2.12 bits per heavy atom. The fourth-order valence-electron chi connectivity index (χ4n) is 2.05. The molecule has 1 aliphatic rings. The maximum absolute atomic E-state index is 11.8. The Hall–Kier alpha value is -1.51. The molecule has 0 bridgehead atoms. The van der Waals surface area contributed by atoms with Crippen LogP contribution in [-0.4, -0.2) is 24.1 Å². The summed E-state index contributed by atoms with van der Waals surface area (Å²) < 4.78 is 5.22. The molecule has 92 valence electrons. The molecule has 1 heterocycles. The molecule has 17 heavy (non-hydrogen) atoms. The maximum Gasteiger partial charge on any atom is 0.410 e. The number of rotatable bonds is 3. The lowest BCUT2D eigenvalue weighted by molar-refractivity contribution is 0.0966. The highest BCUT2D eigenvalue weighted by Gasteiger charge is 2.20. The zero-order chi connectivity index (χ0) is 12.1. The van der Waals surface area contributed by atoms with Crippen LogP contribution in [0.4, 0.5) is 4.79 Å². The second-order valence-corrected chi connectivity index (χ2v) is 4.41. The standard InChI is InChI=1S/C14H19NO2/c1-2-3-10-17-14(16)15-9-8-12-6-4-5-7-13(12)11-15/h4-7H,2-3,8-11H2,1H3. The van der Waals surface area contributed by atoms with Gasteiger partial charge in [-0.1, -0.05) is 37.6 Å². The van der Waals surface area contributed by atoms with Crippen LogP contribution in [0.1, 0.15) is 30.9 Å². The summed E-state index contributed by atoms with van der Waals surface area (Å²) in [5.74, 6) is 0. The van der Waals surface area contributed by atoms with Gasteiger partial charge in [0.25, 0.3) is 0 Å². The lowest BCUT2D eigenvalue weighted by Gasteiger charge is -2.28. The lowest BCUT2D eigenvalue weighted by atomic mass is 10.0. The zero-order valence-electron chi connectivity index (χ0n) is 10.3. The van der Waals surface area contributed by atoms with Gasteiger partial charge in [0.15, 0.2) is 0 Å². The molecule has 2 rings (SSSR count). The summed E-state index contributed by atoms with van der Waals surface area (Å²) >= 11 is 0. The number of hydrogen-bond acceptors (Lipinski definition) is 2. The van der Waals surface area contributed by atoms with Gasteiger partial charge in [-0.05, 0) is 24.0 Å². The first-order chi connectivity index (χ1) is 8.31. The van der Waals surface area contributed by atoms with E-state index >= 15 is 0 Å². The predicted octanol–water partition coefficient (Wildman–Crippen LogP) is 2.98. The van der Waals surface area contributed by atoms with E-state index in [0.717, 1.165) is 25.8 Å². The molecular weight excluding hydrogens is 214 g/mol. The first-order valence-electron chi connectivity index (χ1n) is 6.29. The largest absolute Gasteiger partial charge is 0.449 e. The Bertz CT molecular complexity index is 390. The van der Waals surface area contributed by atoms with Crippen molar-refractivity contribution in [2.75, 3.05) is 13.2 Å². The van der Waals surface area contributed by atoms with E-state index in [1.807, 2.05) is 12.1 Å². The van der Waals surface area contributed by atoms with Gasteiger partial charge in [0.1, 0.15) is 0 Å². The van der Waals surface area contributed by atoms with E-state index < -0.39 is 0 Å². The minimum absolute atomic E-state index is 0.173. The summed E-state index contributed by atoms with van der Waals surface area (Å²) in [5, 5.41) is 0. The monoisotopic (exact) mass is 233 g/mol. The van der Waals surface area contributed by atoms with Gasteiger partial charge in [-0.3, -0.25) is 0 Å². The molecule has 0 radical (unpaired) electrons. The number of unbranched alkanes of at least 4 members (excludes halogenated alkanes) is 1. The summed E-state index contributed by atoms with van der Waals surface area (Å²) in [6, 6.07) is 8.29. The molecule has 0 saturated heterocycles. The Morgan fingerprint density at radius 1 is 1.35 bits per heavy atom. The quantitative estimate of drug-likeness (QED) is 0.751. The van der Waals surface area contributed by atoms with E-state index in [4.69, 9.17) is 4.74 Å². The summed E-state index contributed by atoms with van der Waals surface area (Å²) in [5.41, 5.74) is 2.59. The summed E-state index contributed by atoms with van der Waals surface area (Å²) in [4.78, 5) is 13.6. The van der Waals surface area contributed by atoms with Crippen LogP contribution < -0.4 is 0 Å². The van der Waals surface area contributed by atoms with Crippen molar-refractivity contribution in [1.29, 1.82) is 0 Å². The third-order valence-electron chi connectivity index (χ3n) is 3.11. The number of carbonyl (C=O) groups excluding carboxylic acids is 1. The zero-order valence-corrected chi connectivity index (χ0v) is 10.3. The van der Waals surface area contributed by atoms with Gasteiger partial charge < -0.3 is 9.64 Å². The maximum atomic E-state index is 11.8. The molecule has 0 saturated carbocycles. The van der Waals surface area contributed by atoms with Crippen LogP contribution in [0.25, 0.3) is 0 Å². The second-order valence-electron chi connectivity index (χ2n) is 4.41. The Labute approximate surface area is 102 Å². The number of nitrogens with zero attached hydrogens (tertiary/aromatic N) is 1. The van der Waals surface area contributed by atoms with Crippen LogP contribution in [-0.2, 0) is 17.7 Å². The highest BCUT2D eigenvalue weighted by atomic mass is 16.6. The first kappa shape index (κ1) is 12.0. The van der Waals surface area contributed by atoms with Crippen molar-refractivity contribution in [2.45, 2.75) is 32.7 Å². The van der Waals surface area contributed by atoms with Crippen molar-refractivity contribution in [2.24, 2.45) is 0 Å². The average Bonchev–Trinajstić information content (AvgIpc) is 2.38. The number of ether oxygens (including phenoxy) is 1. The Morgan fingerprint density at radius 3 is 2.88 bits per heavy atom. The molecule has 1 aromatic carbocycles. The molecule has 3 nitrogen and oxygen atoms in total. The number of hydrogen-bond donors (Lipinski definition) is 0. The Kier molecular flexibility index (Phi) is 4.02. The van der Waals surface area contributed by atoms with Gasteiger partial charge in [-0.25, -0.2) is 4.79 Å². The number of fused-ring (bicyclic) bond motifs is 1. The van der Waals surface area contributed by atoms with E-state index in [1.54, 1.807) is 4.90 Å². The molecule has 0 aliphatic carbocycles. The normalized spacial score (nSPS) is 14.3. The molecular formula is C14H19NO2. The molecule has 0 fully saturated rings. The van der Waals surface area contributed by atoms with Crippen LogP contribution in [0.2, 0.25) is 0 Å². The van der Waals surface area contributed by atoms with Crippen LogP contribution in [0.3, 0.4) is 0 Å². The highest BCUT2D eigenvalue weighted by Crippen LogP contribution is 2.18.